The molecule has 0 bridgehead atoms. The third-order valence-electron chi connectivity index (χ3n) is 5.86. The summed E-state index contributed by atoms with van der Waals surface area (Å²) >= 11 is 12.1. The number of hydrogen-bond acceptors (Lipinski definition) is 12. The molecule has 1 heterocycles. The molecule has 0 saturated carbocycles. The second-order valence-corrected chi connectivity index (χ2v) is 56.1. The monoisotopic (exact) mass is 1330 g/mol. The number of nitrogens with zero attached hydrogens (tertiary/aromatic N) is 2. The van der Waals surface area contributed by atoms with Gasteiger partial charge in [-0.05, 0) is 80.6 Å². The fourth-order valence-corrected chi connectivity index (χ4v) is 2.80. The van der Waals surface area contributed by atoms with E-state index in [1.165, 1.54) is 32.2 Å². The molecule has 12 nitrogen and oxygen atoms in total. The number of nitrogens with two attached hydrogens (primary N) is 1. The molecule has 281 valence electrons. The second kappa shape index (κ2) is 57.6. The number of likely N-dealkylation sites (tertiary alicyclic amines) is 1. The Kier molecular flexibility index (Phi) is 82.6. The van der Waals surface area contributed by atoms with E-state index < -0.39 is 5.92 Å². The van der Waals surface area contributed by atoms with Gasteiger partial charge in [-0.1, -0.05) is 33.6 Å². The van der Waals surface area contributed by atoms with Gasteiger partial charge in [-0.15, -0.1) is 12.4 Å². The quantitative estimate of drug-likeness (QED) is 0.106. The normalized spacial score (nSPS) is 15.0. The number of Topliss-reactive ketones (excluding diaryl/α,β-unsaturated/α-hetero) is 1. The minimum atomic E-state index is -0.541. The van der Waals surface area contributed by atoms with Crippen molar-refractivity contribution in [2.45, 2.75) is 105 Å². The Morgan fingerprint density at radius 1 is 1.00 bits per heavy atom. The summed E-state index contributed by atoms with van der Waals surface area (Å²) in [6.07, 6.45) is 7.74. The number of likely N-dealkylation sites (N-methyl/N-ethyl adjacent to an activating group) is 1. The first kappa shape index (κ1) is 67.4. The fourth-order valence-electron chi connectivity index (χ4n) is 2.80. The van der Waals surface area contributed by atoms with E-state index in [0.29, 0.717) is 28.5 Å². The van der Waals surface area contributed by atoms with Crippen molar-refractivity contribution in [3.63, 3.8) is 0 Å². The molecular weight excluding hydrogens is 1280 g/mol. The Bertz CT molecular complexity index is 751. The standard InChI is InChI=1S/C10H17NO3.C10H23N.C4H11N.3CO2.ClH.5HI.2V/c1-4-14-10(13)8-5-6-11(3)7(2)9(8)12;1-5-7-8-9-11(4)10(3)6-2;1-3-4(2)5;3*2-1-3;;;;;;;;/h7-8H,4-6H2,1-3H3;10H,5-9H2,1-4H3;4H,3,5H2,1-2H3;;;;6*1H;;/q;;;;;;;;;;;;+2;+3/p-5/t7-,8?;10-;4-;;;;;;;;;;;/m000.........../s1. The van der Waals surface area contributed by atoms with Crippen LogP contribution in [0.25, 0.3) is 0 Å². The van der Waals surface area contributed by atoms with Crippen molar-refractivity contribution in [2.75, 3.05) is 33.8 Å². The number of unbranched alkanes of at least 4 members (excludes halogenated alkanes) is 2. The Labute approximate surface area is 355 Å². The topological polar surface area (TPSA) is 178 Å². The van der Waals surface area contributed by atoms with Gasteiger partial charge in [0.2, 0.25) is 0 Å². The predicted molar refractivity (Wildman–Crippen MR) is 220 cm³/mol. The van der Waals surface area contributed by atoms with Crippen molar-refractivity contribution in [3.8, 4) is 0 Å². The van der Waals surface area contributed by atoms with Gasteiger partial charge in [0.25, 0.3) is 0 Å². The third-order valence-corrected chi connectivity index (χ3v) is 5.86. The van der Waals surface area contributed by atoms with Gasteiger partial charge in [0.15, 0.2) is 5.78 Å². The van der Waals surface area contributed by atoms with E-state index in [-0.39, 0.29) is 53.6 Å². The summed E-state index contributed by atoms with van der Waals surface area (Å²) in [5, 5.41) is 0. The van der Waals surface area contributed by atoms with Gasteiger partial charge in [0.1, 0.15) is 5.92 Å². The summed E-state index contributed by atoms with van der Waals surface area (Å²) in [5.41, 5.74) is 5.29. The molecule has 0 aromatic heterocycles. The minimum absolute atomic E-state index is 0. The van der Waals surface area contributed by atoms with Crippen LogP contribution in [0.4, 0.5) is 0 Å². The molecule has 20 heteroatoms. The van der Waals surface area contributed by atoms with Crippen molar-refractivity contribution in [2.24, 2.45) is 11.7 Å². The number of esters is 1. The average Bonchev–Trinajstić information content (AvgIpc) is 2.97. The molecule has 0 spiro atoms. The molecule has 1 saturated heterocycles. The maximum atomic E-state index is 11.7. The van der Waals surface area contributed by atoms with Gasteiger partial charge >= 0.3 is 139 Å². The summed E-state index contributed by atoms with van der Waals surface area (Å²) in [6, 6.07) is 0.972. The first-order valence-corrected chi connectivity index (χ1v) is 36.5. The first-order valence-electron chi connectivity index (χ1n) is 14.0. The van der Waals surface area contributed by atoms with Crippen LogP contribution in [0.1, 0.15) is 87.0 Å². The van der Waals surface area contributed by atoms with Gasteiger partial charge in [0.05, 0.1) is 12.6 Å². The molecule has 0 aromatic rings. The summed E-state index contributed by atoms with van der Waals surface area (Å²) < 4.78 is 4.86. The number of carbonyl (C=O) groups is 2. The first-order chi connectivity index (χ1) is 21.5. The molecule has 4 atom stereocenters. The van der Waals surface area contributed by atoms with Crippen molar-refractivity contribution >= 4 is 143 Å². The van der Waals surface area contributed by atoms with Gasteiger partial charge < -0.3 is 15.4 Å². The Balaban J connectivity index is -0.0000000682. The van der Waals surface area contributed by atoms with E-state index in [1.807, 2.05) is 25.8 Å². The molecule has 0 radical (unpaired) electrons. The van der Waals surface area contributed by atoms with E-state index in [4.69, 9.17) is 39.2 Å². The third kappa shape index (κ3) is 67.0. The van der Waals surface area contributed by atoms with Crippen LogP contribution in [0.3, 0.4) is 0 Å². The molecule has 1 fully saturated rings. The molecule has 2 N–H and O–H groups in total. The number of piperidine rings is 1. The Hall–Kier alpha value is 2.27. The molecule has 1 rings (SSSR count). The van der Waals surface area contributed by atoms with Crippen LogP contribution in [0.2, 0.25) is 0 Å². The Morgan fingerprint density at radius 3 is 1.64 bits per heavy atom. The number of ether oxygens (including phenoxy) is 1. The van der Waals surface area contributed by atoms with Crippen molar-refractivity contribution in [1.82, 2.24) is 9.80 Å². The summed E-state index contributed by atoms with van der Waals surface area (Å²) in [5.74, 6) is -0.921. The van der Waals surface area contributed by atoms with Crippen LogP contribution in [0.15, 0.2) is 0 Å². The van der Waals surface area contributed by atoms with E-state index in [2.05, 4.69) is 140 Å². The molecule has 0 aliphatic carbocycles. The molecule has 47 heavy (non-hydrogen) atoms. The van der Waals surface area contributed by atoms with Crippen molar-refractivity contribution in [3.05, 3.63) is 0 Å². The van der Waals surface area contributed by atoms with Gasteiger partial charge in [-0.2, -0.15) is 28.8 Å². The number of halogens is 6. The number of hydrogen-bond donors (Lipinski definition) is 1. The maximum absolute atomic E-state index is 11.7. The van der Waals surface area contributed by atoms with Crippen LogP contribution in [-0.4, -0.2) is 91.9 Å². The van der Waals surface area contributed by atoms with Gasteiger partial charge in [-0.3, -0.25) is 14.5 Å². The molecule has 1 unspecified atom stereocenters. The van der Waals surface area contributed by atoms with E-state index in [9.17, 15) is 9.59 Å². The Morgan fingerprint density at radius 2 is 1.36 bits per heavy atom. The van der Waals surface area contributed by atoms with Gasteiger partial charge in [0, 0.05) is 12.1 Å². The predicted octanol–water partition coefficient (Wildman–Crippen LogP) is 7.20. The molecule has 0 amide bonds. The van der Waals surface area contributed by atoms with E-state index >= 15 is 0 Å². The SMILES string of the molecule is CCCCCN(C)[C@@H](C)CC.CCOC(=O)C1CCN(C)[C@@H](C)C1=O.CC[C@H](C)N.Cl.O=C=O.O=C=O.O=C=O.[I][V]([I])[I].[I][V][I]. The number of rotatable bonds is 9. The summed E-state index contributed by atoms with van der Waals surface area (Å²) in [6.45, 7) is 16.8. The molecule has 1 aliphatic heterocycles. The number of carbonyl (C=O) groups excluding carboxylic acids is 8. The van der Waals surface area contributed by atoms with Crippen LogP contribution >= 0.6 is 112 Å². The zero-order chi connectivity index (χ0) is 38.1. The van der Waals surface area contributed by atoms with E-state index in [0.717, 1.165) is 19.0 Å². The zero-order valence-corrected chi connectivity index (χ0v) is 42.9. The number of ketones is 1. The summed E-state index contributed by atoms with van der Waals surface area (Å²) in [4.78, 5) is 76.0. The van der Waals surface area contributed by atoms with Crippen molar-refractivity contribution < 1.29 is 57.5 Å². The second-order valence-electron chi connectivity index (χ2n) is 8.99. The summed E-state index contributed by atoms with van der Waals surface area (Å²) in [7, 11) is 4.75. The van der Waals surface area contributed by atoms with Crippen LogP contribution in [-0.2, 0) is 57.5 Å². The van der Waals surface area contributed by atoms with Crippen LogP contribution in [0, 0.1) is 5.92 Å². The average molecular weight is 1330 g/mol. The van der Waals surface area contributed by atoms with Gasteiger partial charge in [-0.25, -0.2) is 0 Å². The molecule has 0 aromatic carbocycles. The van der Waals surface area contributed by atoms with Crippen molar-refractivity contribution in [1.29, 1.82) is 0 Å². The van der Waals surface area contributed by atoms with Crippen LogP contribution < -0.4 is 5.73 Å². The molecular formula is C27H52ClI5N3O9V2. The van der Waals surface area contributed by atoms with Crippen LogP contribution in [0.5, 0.6) is 0 Å². The fraction of sp³-hybridized carbons (Fsp3) is 0.815. The zero-order valence-electron chi connectivity index (χ0n) is 28.5. The van der Waals surface area contributed by atoms with E-state index in [1.54, 1.807) is 6.92 Å². The molecule has 1 aliphatic rings.